The van der Waals surface area contributed by atoms with Crippen LogP contribution in [0.15, 0.2) is 77.9 Å². The van der Waals surface area contributed by atoms with Gasteiger partial charge < -0.3 is 25.3 Å². The minimum Gasteiger partial charge on any atom is -0.475 e. The van der Waals surface area contributed by atoms with Crippen molar-refractivity contribution in [3.63, 3.8) is 0 Å². The molecule has 7 nitrogen and oxygen atoms in total. The van der Waals surface area contributed by atoms with E-state index < -0.39 is 0 Å². The monoisotopic (exact) mass is 520 g/mol. The molecule has 0 unspecified atom stereocenters. The first-order valence-corrected chi connectivity index (χ1v) is 9.20. The Hall–Kier alpha value is -2.85. The number of methoxy groups -OCH3 is 1. The summed E-state index contributed by atoms with van der Waals surface area (Å²) in [6, 6.07) is 20.8. The molecule has 0 aliphatic rings. The van der Waals surface area contributed by atoms with E-state index in [-0.39, 0.29) is 29.9 Å². The fourth-order valence-electron chi connectivity index (χ4n) is 2.52. The Labute approximate surface area is 193 Å². The lowest BCUT2D eigenvalue weighted by Crippen LogP contribution is -2.22. The molecule has 0 atom stereocenters. The number of hydrogen-bond acceptors (Lipinski definition) is 5. The second kappa shape index (κ2) is 12.7. The summed E-state index contributed by atoms with van der Waals surface area (Å²) in [6.07, 6.45) is 1.68. The summed E-state index contributed by atoms with van der Waals surface area (Å²) in [7, 11) is 1.62. The van der Waals surface area contributed by atoms with Crippen LogP contribution in [0.2, 0.25) is 0 Å². The predicted molar refractivity (Wildman–Crippen MR) is 129 cm³/mol. The molecule has 1 heterocycles. The maximum absolute atomic E-state index is 6.04. The van der Waals surface area contributed by atoms with Crippen LogP contribution in [0.4, 0.5) is 5.69 Å². The van der Waals surface area contributed by atoms with Crippen molar-refractivity contribution >= 4 is 35.6 Å². The fourth-order valence-corrected chi connectivity index (χ4v) is 2.52. The minimum atomic E-state index is 0. The highest BCUT2D eigenvalue weighted by Crippen LogP contribution is 2.23. The van der Waals surface area contributed by atoms with E-state index in [1.165, 1.54) is 0 Å². The number of aliphatic imine (C=N–C) groups is 1. The Kier molecular flexibility index (Phi) is 9.88. The molecule has 30 heavy (non-hydrogen) atoms. The topological polar surface area (TPSA) is 91.0 Å². The van der Waals surface area contributed by atoms with E-state index in [0.717, 1.165) is 17.0 Å². The summed E-state index contributed by atoms with van der Waals surface area (Å²) in [6.45, 7) is 1.26. The highest BCUT2D eigenvalue weighted by atomic mass is 127. The number of nitrogens with one attached hydrogen (secondary N) is 1. The van der Waals surface area contributed by atoms with Crippen molar-refractivity contribution in [2.75, 3.05) is 25.6 Å². The number of anilines is 1. The van der Waals surface area contributed by atoms with Crippen molar-refractivity contribution in [2.45, 2.75) is 6.54 Å². The number of nitrogens with zero attached hydrogens (tertiary/aromatic N) is 2. The van der Waals surface area contributed by atoms with E-state index >= 15 is 0 Å². The summed E-state index contributed by atoms with van der Waals surface area (Å²) in [4.78, 5) is 8.62. The molecule has 3 N–H and O–H groups in total. The fraction of sp³-hybridized carbons (Fsp3) is 0.182. The Morgan fingerprint density at radius 2 is 1.80 bits per heavy atom. The molecule has 3 aromatic rings. The first kappa shape index (κ1) is 23.4. The lowest BCUT2D eigenvalue weighted by molar-refractivity contribution is 0.143. The molecule has 0 amide bonds. The Bertz CT molecular complexity index is 938. The number of ether oxygens (including phenoxy) is 3. The van der Waals surface area contributed by atoms with Gasteiger partial charge in [0.2, 0.25) is 5.88 Å². The van der Waals surface area contributed by atoms with E-state index in [1.807, 2.05) is 66.7 Å². The molecule has 1 aromatic heterocycles. The van der Waals surface area contributed by atoms with Crippen molar-refractivity contribution in [1.29, 1.82) is 0 Å². The van der Waals surface area contributed by atoms with E-state index in [4.69, 9.17) is 19.9 Å². The van der Waals surface area contributed by atoms with Gasteiger partial charge in [-0.25, -0.2) is 9.98 Å². The van der Waals surface area contributed by atoms with Gasteiger partial charge in [-0.1, -0.05) is 30.3 Å². The van der Waals surface area contributed by atoms with Crippen LogP contribution in [0.3, 0.4) is 0 Å². The van der Waals surface area contributed by atoms with E-state index in [0.29, 0.717) is 31.4 Å². The van der Waals surface area contributed by atoms with Crippen LogP contribution < -0.4 is 20.5 Å². The van der Waals surface area contributed by atoms with Crippen LogP contribution in [-0.4, -0.2) is 31.3 Å². The second-order valence-electron chi connectivity index (χ2n) is 6.08. The minimum absolute atomic E-state index is 0. The number of benzene rings is 2. The highest BCUT2D eigenvalue weighted by Gasteiger charge is 2.05. The molecule has 0 aliphatic carbocycles. The van der Waals surface area contributed by atoms with Crippen LogP contribution >= 0.6 is 24.0 Å². The van der Waals surface area contributed by atoms with E-state index in [1.54, 1.807) is 13.3 Å². The zero-order valence-corrected chi connectivity index (χ0v) is 19.0. The number of para-hydroxylation sites is 1. The molecule has 0 radical (unpaired) electrons. The molecule has 0 saturated carbocycles. The van der Waals surface area contributed by atoms with Gasteiger partial charge in [0, 0.05) is 30.6 Å². The number of nitrogens with two attached hydrogens (primary N) is 1. The van der Waals surface area contributed by atoms with Crippen LogP contribution in [-0.2, 0) is 11.3 Å². The van der Waals surface area contributed by atoms with Crippen LogP contribution in [0, 0.1) is 0 Å². The summed E-state index contributed by atoms with van der Waals surface area (Å²) < 4.78 is 16.4. The van der Waals surface area contributed by atoms with Crippen molar-refractivity contribution in [2.24, 2.45) is 10.7 Å². The van der Waals surface area contributed by atoms with Crippen molar-refractivity contribution in [3.8, 4) is 17.4 Å². The number of guanidine groups is 1. The average molecular weight is 520 g/mol. The summed E-state index contributed by atoms with van der Waals surface area (Å²) >= 11 is 0. The van der Waals surface area contributed by atoms with Gasteiger partial charge in [0.25, 0.3) is 0 Å². The van der Waals surface area contributed by atoms with E-state index in [2.05, 4.69) is 15.3 Å². The predicted octanol–water partition coefficient (Wildman–Crippen LogP) is 4.44. The highest BCUT2D eigenvalue weighted by molar-refractivity contribution is 14.0. The zero-order chi connectivity index (χ0) is 20.3. The molecule has 0 fully saturated rings. The maximum Gasteiger partial charge on any atom is 0.218 e. The first-order chi connectivity index (χ1) is 14.2. The SMILES string of the molecule is COCCOc1ncccc1CN=C(N)Nc1cccc(Oc2ccccc2)c1.I. The number of aromatic nitrogens is 1. The van der Waals surface area contributed by atoms with Gasteiger partial charge in [0.1, 0.15) is 18.1 Å². The summed E-state index contributed by atoms with van der Waals surface area (Å²) in [5.41, 5.74) is 7.67. The Balaban J connectivity index is 0.00000320. The molecular formula is C22H25IN4O3. The Morgan fingerprint density at radius 1 is 1.00 bits per heavy atom. The van der Waals surface area contributed by atoms with Gasteiger partial charge >= 0.3 is 0 Å². The van der Waals surface area contributed by atoms with Gasteiger partial charge in [0.05, 0.1) is 13.2 Å². The van der Waals surface area contributed by atoms with Gasteiger partial charge in [0.15, 0.2) is 5.96 Å². The normalized spacial score (nSPS) is 10.8. The van der Waals surface area contributed by atoms with Crippen molar-refractivity contribution in [1.82, 2.24) is 4.98 Å². The van der Waals surface area contributed by atoms with Crippen LogP contribution in [0.1, 0.15) is 5.56 Å². The number of halogens is 1. The number of pyridine rings is 1. The lowest BCUT2D eigenvalue weighted by Gasteiger charge is -2.10. The van der Waals surface area contributed by atoms with Gasteiger partial charge in [-0.05, 0) is 30.3 Å². The van der Waals surface area contributed by atoms with E-state index in [9.17, 15) is 0 Å². The molecule has 3 rings (SSSR count). The third kappa shape index (κ3) is 7.53. The Morgan fingerprint density at radius 3 is 2.60 bits per heavy atom. The molecule has 0 aliphatic heterocycles. The smallest absolute Gasteiger partial charge is 0.218 e. The second-order valence-corrected chi connectivity index (χ2v) is 6.08. The molecule has 0 spiro atoms. The molecule has 2 aromatic carbocycles. The maximum atomic E-state index is 6.04. The third-order valence-electron chi connectivity index (χ3n) is 3.88. The quantitative estimate of drug-likeness (QED) is 0.188. The molecule has 8 heteroatoms. The van der Waals surface area contributed by atoms with Crippen LogP contribution in [0.25, 0.3) is 0 Å². The number of rotatable bonds is 9. The standard InChI is InChI=1S/C22H24N4O3.HI/c1-27-13-14-28-21-17(7-6-12-24-21)16-25-22(23)26-18-8-5-11-20(15-18)29-19-9-3-2-4-10-19;/h2-12,15H,13-14,16H2,1H3,(H3,23,25,26);1H. The van der Waals surface area contributed by atoms with Crippen molar-refractivity contribution in [3.05, 3.63) is 78.5 Å². The summed E-state index contributed by atoms with van der Waals surface area (Å²) in [5.74, 6) is 2.28. The average Bonchev–Trinajstić information content (AvgIpc) is 2.74. The molecule has 158 valence electrons. The van der Waals surface area contributed by atoms with Gasteiger partial charge in [-0.2, -0.15) is 0 Å². The third-order valence-corrected chi connectivity index (χ3v) is 3.88. The molecular weight excluding hydrogens is 495 g/mol. The van der Waals surface area contributed by atoms with Gasteiger partial charge in [-0.3, -0.25) is 0 Å². The van der Waals surface area contributed by atoms with Gasteiger partial charge in [-0.15, -0.1) is 24.0 Å². The molecule has 0 saturated heterocycles. The first-order valence-electron chi connectivity index (χ1n) is 9.20. The molecule has 0 bridgehead atoms. The number of hydrogen-bond donors (Lipinski definition) is 2. The largest absolute Gasteiger partial charge is 0.475 e. The van der Waals surface area contributed by atoms with Crippen LogP contribution in [0.5, 0.6) is 17.4 Å². The zero-order valence-electron chi connectivity index (χ0n) is 16.7. The summed E-state index contributed by atoms with van der Waals surface area (Å²) in [5, 5.41) is 3.08. The van der Waals surface area contributed by atoms with Crippen molar-refractivity contribution < 1.29 is 14.2 Å². The lowest BCUT2D eigenvalue weighted by atomic mass is 10.3.